The molecule has 0 unspecified atom stereocenters. The molecular weight excluding hydrogens is 504 g/mol. The van der Waals surface area contributed by atoms with Crippen molar-refractivity contribution in [3.8, 4) is 11.5 Å². The number of nitro benzene ring substituents is 2. The van der Waals surface area contributed by atoms with Crippen LogP contribution in [0.2, 0.25) is 0 Å². The van der Waals surface area contributed by atoms with Crippen LogP contribution in [0.1, 0.15) is 5.56 Å². The van der Waals surface area contributed by atoms with Crippen molar-refractivity contribution in [3.05, 3.63) is 103 Å². The Labute approximate surface area is 212 Å². The van der Waals surface area contributed by atoms with Crippen molar-refractivity contribution in [1.82, 2.24) is 4.90 Å². The SMILES string of the molecule is O=C(CN1C(=O)S/C(=C/c2ccccc2Oc2ccc([N+](=O)[O-])cc2[N+](=O)[O-])C1=O)Nc1ccccc1. The summed E-state index contributed by atoms with van der Waals surface area (Å²) in [5.74, 6) is -1.38. The number of amides is 3. The summed E-state index contributed by atoms with van der Waals surface area (Å²) in [4.78, 5) is 59.3. The van der Waals surface area contributed by atoms with Crippen LogP contribution in [-0.4, -0.2) is 38.3 Å². The van der Waals surface area contributed by atoms with Gasteiger partial charge in [0.15, 0.2) is 0 Å². The Bertz CT molecular complexity index is 1460. The fourth-order valence-corrected chi connectivity index (χ4v) is 4.13. The van der Waals surface area contributed by atoms with Gasteiger partial charge >= 0.3 is 5.69 Å². The lowest BCUT2D eigenvalue weighted by molar-refractivity contribution is -0.394. The average Bonchev–Trinajstić information content (AvgIpc) is 3.13. The van der Waals surface area contributed by atoms with Crippen molar-refractivity contribution < 1.29 is 29.0 Å². The highest BCUT2D eigenvalue weighted by Crippen LogP contribution is 2.38. The fraction of sp³-hybridized carbons (Fsp3) is 0.0417. The standard InChI is InChI=1S/C24H16N4O8S/c29-22(25-16-7-2-1-3-8-16)14-26-23(30)21(37-24(26)31)12-15-6-4-5-9-19(15)36-20-11-10-17(27(32)33)13-18(20)28(34)35/h1-13H,14H2,(H,25,29)/b21-12+. The number of ether oxygens (including phenoxy) is 1. The lowest BCUT2D eigenvalue weighted by atomic mass is 10.1. The van der Waals surface area contributed by atoms with E-state index in [-0.39, 0.29) is 16.4 Å². The Balaban J connectivity index is 1.55. The third-order valence-corrected chi connectivity index (χ3v) is 5.92. The molecule has 1 N–H and O–H groups in total. The third kappa shape index (κ3) is 5.79. The molecule has 0 aromatic heterocycles. The number of benzene rings is 3. The lowest BCUT2D eigenvalue weighted by Gasteiger charge is -2.12. The van der Waals surface area contributed by atoms with Gasteiger partial charge < -0.3 is 10.1 Å². The summed E-state index contributed by atoms with van der Waals surface area (Å²) >= 11 is 0.633. The number of nitrogens with zero attached hydrogens (tertiary/aromatic N) is 3. The Hall–Kier alpha value is -5.04. The molecule has 3 aromatic rings. The van der Waals surface area contributed by atoms with Gasteiger partial charge in [-0.25, -0.2) is 0 Å². The molecule has 4 rings (SSSR count). The maximum absolute atomic E-state index is 12.9. The van der Waals surface area contributed by atoms with E-state index in [9.17, 15) is 34.6 Å². The van der Waals surface area contributed by atoms with Crippen LogP contribution < -0.4 is 10.1 Å². The van der Waals surface area contributed by atoms with Gasteiger partial charge in [0.25, 0.3) is 16.8 Å². The van der Waals surface area contributed by atoms with Gasteiger partial charge in [-0.2, -0.15) is 0 Å². The first-order valence-electron chi connectivity index (χ1n) is 10.5. The molecule has 3 aromatic carbocycles. The first-order chi connectivity index (χ1) is 17.7. The molecule has 1 fully saturated rings. The van der Waals surface area contributed by atoms with Crippen LogP contribution in [0.5, 0.6) is 11.5 Å². The Kier molecular flexibility index (Phi) is 7.25. The number of para-hydroxylation sites is 2. The second-order valence-electron chi connectivity index (χ2n) is 7.49. The molecule has 1 heterocycles. The van der Waals surface area contributed by atoms with E-state index in [1.54, 1.807) is 48.5 Å². The number of thioether (sulfide) groups is 1. The van der Waals surface area contributed by atoms with Gasteiger partial charge in [0.05, 0.1) is 20.8 Å². The van der Waals surface area contributed by atoms with Gasteiger partial charge in [-0.15, -0.1) is 0 Å². The molecule has 1 saturated heterocycles. The first kappa shape index (κ1) is 25.1. The molecule has 0 bridgehead atoms. The van der Waals surface area contributed by atoms with E-state index in [0.717, 1.165) is 23.1 Å². The molecule has 13 heteroatoms. The minimum absolute atomic E-state index is 0.0201. The number of carbonyl (C=O) groups excluding carboxylic acids is 3. The molecule has 0 saturated carbocycles. The molecule has 1 aliphatic rings. The molecule has 0 aliphatic carbocycles. The highest BCUT2D eigenvalue weighted by Gasteiger charge is 2.36. The Morgan fingerprint density at radius 3 is 2.35 bits per heavy atom. The zero-order valence-corrected chi connectivity index (χ0v) is 19.5. The molecule has 3 amide bonds. The number of anilines is 1. The fourth-order valence-electron chi connectivity index (χ4n) is 3.30. The first-order valence-corrected chi connectivity index (χ1v) is 11.3. The smallest absolute Gasteiger partial charge is 0.318 e. The Morgan fingerprint density at radius 2 is 1.65 bits per heavy atom. The largest absolute Gasteiger partial charge is 0.449 e. The maximum Gasteiger partial charge on any atom is 0.318 e. The van der Waals surface area contributed by atoms with Crippen LogP contribution in [0, 0.1) is 20.2 Å². The average molecular weight is 520 g/mol. The zero-order valence-electron chi connectivity index (χ0n) is 18.7. The van der Waals surface area contributed by atoms with Crippen LogP contribution in [0.4, 0.5) is 21.9 Å². The van der Waals surface area contributed by atoms with Crippen LogP contribution in [-0.2, 0) is 9.59 Å². The van der Waals surface area contributed by atoms with E-state index in [4.69, 9.17) is 4.74 Å². The summed E-state index contributed by atoms with van der Waals surface area (Å²) in [6.07, 6.45) is 1.37. The van der Waals surface area contributed by atoms with Crippen LogP contribution in [0.3, 0.4) is 0 Å². The normalized spacial score (nSPS) is 14.1. The summed E-state index contributed by atoms with van der Waals surface area (Å²) in [6.45, 7) is -0.482. The second kappa shape index (κ2) is 10.7. The predicted molar refractivity (Wildman–Crippen MR) is 134 cm³/mol. The van der Waals surface area contributed by atoms with Gasteiger partial charge in [-0.3, -0.25) is 39.5 Å². The van der Waals surface area contributed by atoms with Crippen molar-refractivity contribution in [2.75, 3.05) is 11.9 Å². The minimum atomic E-state index is -0.809. The van der Waals surface area contributed by atoms with Crippen LogP contribution in [0.25, 0.3) is 6.08 Å². The molecular formula is C24H16N4O8S. The second-order valence-corrected chi connectivity index (χ2v) is 8.48. The zero-order chi connectivity index (χ0) is 26.5. The van der Waals surface area contributed by atoms with Crippen molar-refractivity contribution in [2.45, 2.75) is 0 Å². The molecule has 186 valence electrons. The van der Waals surface area contributed by atoms with Crippen molar-refractivity contribution in [1.29, 1.82) is 0 Å². The highest BCUT2D eigenvalue weighted by atomic mass is 32.2. The molecule has 37 heavy (non-hydrogen) atoms. The van der Waals surface area contributed by atoms with E-state index in [2.05, 4.69) is 5.32 Å². The highest BCUT2D eigenvalue weighted by molar-refractivity contribution is 8.18. The van der Waals surface area contributed by atoms with E-state index in [0.29, 0.717) is 23.0 Å². The van der Waals surface area contributed by atoms with Gasteiger partial charge in [0, 0.05) is 17.3 Å². The van der Waals surface area contributed by atoms with Crippen molar-refractivity contribution >= 4 is 52.0 Å². The summed E-state index contributed by atoms with van der Waals surface area (Å²) < 4.78 is 5.67. The molecule has 12 nitrogen and oxygen atoms in total. The van der Waals surface area contributed by atoms with Gasteiger partial charge in [-0.1, -0.05) is 36.4 Å². The van der Waals surface area contributed by atoms with Gasteiger partial charge in [0.2, 0.25) is 11.7 Å². The topological polar surface area (TPSA) is 162 Å². The summed E-state index contributed by atoms with van der Waals surface area (Å²) in [5.41, 5.74) is -0.262. The van der Waals surface area contributed by atoms with E-state index in [1.165, 1.54) is 12.1 Å². The monoisotopic (exact) mass is 520 g/mol. The third-order valence-electron chi connectivity index (χ3n) is 5.01. The number of nitro groups is 2. The number of imide groups is 1. The number of nitrogens with one attached hydrogen (secondary N) is 1. The van der Waals surface area contributed by atoms with Crippen molar-refractivity contribution in [3.63, 3.8) is 0 Å². The summed E-state index contributed by atoms with van der Waals surface area (Å²) in [7, 11) is 0. The van der Waals surface area contributed by atoms with Gasteiger partial charge in [0.1, 0.15) is 12.3 Å². The molecule has 0 spiro atoms. The predicted octanol–water partition coefficient (Wildman–Crippen LogP) is 4.97. The quantitative estimate of drug-likeness (QED) is 0.245. The van der Waals surface area contributed by atoms with E-state index in [1.807, 2.05) is 0 Å². The van der Waals surface area contributed by atoms with E-state index < -0.39 is 44.8 Å². The molecule has 0 radical (unpaired) electrons. The number of hydrogen-bond donors (Lipinski definition) is 1. The summed E-state index contributed by atoms with van der Waals surface area (Å²) in [6, 6.07) is 17.8. The number of rotatable bonds is 8. The summed E-state index contributed by atoms with van der Waals surface area (Å²) in [5, 5.41) is 24.4. The van der Waals surface area contributed by atoms with Crippen LogP contribution in [0.15, 0.2) is 77.7 Å². The number of non-ortho nitro benzene ring substituents is 1. The van der Waals surface area contributed by atoms with Crippen molar-refractivity contribution in [2.24, 2.45) is 0 Å². The number of hydrogen-bond acceptors (Lipinski definition) is 9. The number of carbonyl (C=O) groups is 3. The van der Waals surface area contributed by atoms with E-state index >= 15 is 0 Å². The lowest BCUT2D eigenvalue weighted by Crippen LogP contribution is -2.36. The molecule has 0 atom stereocenters. The maximum atomic E-state index is 12.9. The Morgan fingerprint density at radius 1 is 0.946 bits per heavy atom. The van der Waals surface area contributed by atoms with Crippen LogP contribution >= 0.6 is 11.8 Å². The minimum Gasteiger partial charge on any atom is -0.449 e. The molecule has 1 aliphatic heterocycles. The van der Waals surface area contributed by atoms with Gasteiger partial charge in [-0.05, 0) is 42.1 Å².